The van der Waals surface area contributed by atoms with Crippen molar-refractivity contribution in [3.8, 4) is 0 Å². The first-order chi connectivity index (χ1) is 15.9. The van der Waals surface area contributed by atoms with Crippen LogP contribution >= 0.6 is 0 Å². The molecule has 1 N–H and O–H groups in total. The van der Waals surface area contributed by atoms with Crippen molar-refractivity contribution in [3.63, 3.8) is 0 Å². The molecule has 0 heterocycles. The van der Waals surface area contributed by atoms with Crippen LogP contribution in [0.3, 0.4) is 0 Å². The summed E-state index contributed by atoms with van der Waals surface area (Å²) in [6, 6.07) is 4.99. The molecule has 2 aromatic rings. The van der Waals surface area contributed by atoms with Crippen LogP contribution in [0.2, 0.25) is 0 Å². The summed E-state index contributed by atoms with van der Waals surface area (Å²) >= 11 is 0. The number of fused-ring (bicyclic) bond motifs is 4. The Hall–Kier alpha value is -1.60. The number of aliphatic hydroxyl groups excluding tert-OH is 1. The monoisotopic (exact) mass is 456 g/mol. The zero-order valence-corrected chi connectivity index (χ0v) is 22.6. The zero-order chi connectivity index (χ0) is 24.2. The minimum atomic E-state index is -0.301. The maximum atomic E-state index is 11.7. The van der Waals surface area contributed by atoms with Crippen molar-refractivity contribution in [3.05, 3.63) is 67.8 Å². The first-order valence-corrected chi connectivity index (χ1v) is 14.0. The quantitative estimate of drug-likeness (QED) is 0.473. The summed E-state index contributed by atoms with van der Waals surface area (Å²) in [6.07, 6.45) is 9.32. The fraction of sp³-hybridized carbons (Fsp3) is 0.636. The minimum absolute atomic E-state index is 0.142. The Morgan fingerprint density at radius 1 is 0.735 bits per heavy atom. The number of aliphatic hydroxyl groups is 1. The molecular weight excluding hydrogens is 412 g/mol. The van der Waals surface area contributed by atoms with E-state index in [1.165, 1.54) is 48.8 Å². The highest BCUT2D eigenvalue weighted by atomic mass is 16.3. The second-order valence-corrected chi connectivity index (χ2v) is 14.2. The van der Waals surface area contributed by atoms with Gasteiger partial charge in [0, 0.05) is 0 Å². The summed E-state index contributed by atoms with van der Waals surface area (Å²) in [4.78, 5) is 0. The van der Waals surface area contributed by atoms with Gasteiger partial charge in [-0.25, -0.2) is 0 Å². The lowest BCUT2D eigenvalue weighted by atomic mass is 9.76. The number of aryl methyl sites for hydroxylation is 2. The highest BCUT2D eigenvalue weighted by molar-refractivity contribution is 5.57. The lowest BCUT2D eigenvalue weighted by Crippen LogP contribution is -2.21. The van der Waals surface area contributed by atoms with Gasteiger partial charge in [-0.15, -0.1) is 0 Å². The van der Waals surface area contributed by atoms with E-state index in [4.69, 9.17) is 0 Å². The molecule has 0 bridgehead atoms. The molecule has 4 atom stereocenters. The third-order valence-corrected chi connectivity index (χ3v) is 9.75. The van der Waals surface area contributed by atoms with Crippen LogP contribution in [0.5, 0.6) is 0 Å². The zero-order valence-electron chi connectivity index (χ0n) is 22.6. The van der Waals surface area contributed by atoms with E-state index in [0.717, 1.165) is 19.3 Å². The molecule has 34 heavy (non-hydrogen) atoms. The Balaban J connectivity index is 1.39. The van der Waals surface area contributed by atoms with Gasteiger partial charge in [-0.2, -0.15) is 0 Å². The molecule has 0 aromatic heterocycles. The Bertz CT molecular complexity index is 1170. The maximum absolute atomic E-state index is 11.7. The average molecular weight is 457 g/mol. The van der Waals surface area contributed by atoms with E-state index in [1.54, 1.807) is 38.9 Å². The molecule has 0 saturated heterocycles. The molecule has 0 saturated carbocycles. The molecule has 0 spiro atoms. The molecule has 4 unspecified atom stereocenters. The number of benzene rings is 2. The van der Waals surface area contributed by atoms with Crippen LogP contribution in [-0.2, 0) is 49.4 Å². The van der Waals surface area contributed by atoms with E-state index in [-0.39, 0.29) is 16.9 Å². The molecule has 0 amide bonds. The van der Waals surface area contributed by atoms with Crippen molar-refractivity contribution in [2.24, 2.45) is 11.8 Å². The molecule has 6 rings (SSSR count). The molecule has 2 aromatic carbocycles. The molecule has 1 nitrogen and oxygen atoms in total. The second-order valence-electron chi connectivity index (χ2n) is 14.2. The lowest BCUT2D eigenvalue weighted by Gasteiger charge is -2.29. The number of rotatable bonds is 1. The van der Waals surface area contributed by atoms with Crippen molar-refractivity contribution in [1.82, 2.24) is 0 Å². The van der Waals surface area contributed by atoms with Crippen LogP contribution in [0.25, 0.3) is 0 Å². The predicted octanol–water partition coefficient (Wildman–Crippen LogP) is 7.44. The van der Waals surface area contributed by atoms with E-state index in [1.807, 2.05) is 0 Å². The smallest absolute Gasteiger partial charge is 0.0827 e. The number of hydrogen-bond donors (Lipinski definition) is 1. The van der Waals surface area contributed by atoms with Crippen LogP contribution < -0.4 is 0 Å². The average Bonchev–Trinajstić information content (AvgIpc) is 3.49. The maximum Gasteiger partial charge on any atom is 0.0827 e. The summed E-state index contributed by atoms with van der Waals surface area (Å²) in [6.45, 7) is 16.8. The fourth-order valence-electron chi connectivity index (χ4n) is 8.54. The molecule has 182 valence electrons. The molecule has 0 aliphatic heterocycles. The van der Waals surface area contributed by atoms with Gasteiger partial charge in [0.15, 0.2) is 0 Å². The van der Waals surface area contributed by atoms with Gasteiger partial charge < -0.3 is 5.11 Å². The fourth-order valence-corrected chi connectivity index (χ4v) is 8.54. The molecule has 0 radical (unpaired) electrons. The van der Waals surface area contributed by atoms with E-state index >= 15 is 0 Å². The molecule has 4 aliphatic carbocycles. The van der Waals surface area contributed by atoms with Crippen molar-refractivity contribution in [2.45, 2.75) is 123 Å². The largest absolute Gasteiger partial charge is 0.388 e. The molecule has 4 aliphatic rings. The standard InChI is InChI=1S/C33H44O/c1-18-11-12-20-13-21-14-22(16-24(21)30(28(18)20)33(5,6)7)25-17-26-27(31(25)34)15-19-9-8-10-23(19)29(26)32(2,3)4/h13,15,18,22,25,31,34H,8-12,14,16-17H2,1-7H3. The van der Waals surface area contributed by atoms with E-state index in [0.29, 0.717) is 17.8 Å². The van der Waals surface area contributed by atoms with Gasteiger partial charge in [0.05, 0.1) is 6.10 Å². The second kappa shape index (κ2) is 7.45. The molecule has 1 heteroatoms. The van der Waals surface area contributed by atoms with Crippen molar-refractivity contribution >= 4 is 0 Å². The summed E-state index contributed by atoms with van der Waals surface area (Å²) < 4.78 is 0. The Morgan fingerprint density at radius 3 is 2.18 bits per heavy atom. The summed E-state index contributed by atoms with van der Waals surface area (Å²) in [5.74, 6) is 1.59. The summed E-state index contributed by atoms with van der Waals surface area (Å²) in [5.41, 5.74) is 16.0. The topological polar surface area (TPSA) is 20.2 Å². The van der Waals surface area contributed by atoms with E-state index in [2.05, 4.69) is 60.6 Å². The molecular formula is C33H44O. The van der Waals surface area contributed by atoms with Crippen LogP contribution in [0.1, 0.15) is 129 Å². The predicted molar refractivity (Wildman–Crippen MR) is 142 cm³/mol. The van der Waals surface area contributed by atoms with Gasteiger partial charge >= 0.3 is 0 Å². The first-order valence-electron chi connectivity index (χ1n) is 14.0. The van der Waals surface area contributed by atoms with Gasteiger partial charge in [-0.05, 0) is 136 Å². The summed E-state index contributed by atoms with van der Waals surface area (Å²) in [5, 5.41) is 11.7. The van der Waals surface area contributed by atoms with Crippen LogP contribution in [0.4, 0.5) is 0 Å². The van der Waals surface area contributed by atoms with Gasteiger partial charge in [-0.3, -0.25) is 0 Å². The van der Waals surface area contributed by atoms with Crippen LogP contribution in [0, 0.1) is 11.8 Å². The first kappa shape index (κ1) is 22.8. The van der Waals surface area contributed by atoms with Crippen molar-refractivity contribution < 1.29 is 5.11 Å². The van der Waals surface area contributed by atoms with Gasteiger partial charge in [0.2, 0.25) is 0 Å². The van der Waals surface area contributed by atoms with Gasteiger partial charge in [0.1, 0.15) is 0 Å². The van der Waals surface area contributed by atoms with E-state index < -0.39 is 0 Å². The third kappa shape index (κ3) is 3.29. The summed E-state index contributed by atoms with van der Waals surface area (Å²) in [7, 11) is 0. The van der Waals surface area contributed by atoms with Crippen LogP contribution in [0.15, 0.2) is 12.1 Å². The SMILES string of the molecule is CC1CCc2cc3c(c(C(C)(C)C)c21)CC(C1Cc2c(cc4c(c2C(C)(C)C)CCC4)C1O)C3. The highest BCUT2D eigenvalue weighted by Gasteiger charge is 2.44. The number of hydrogen-bond acceptors (Lipinski definition) is 1. The Kier molecular flexibility index (Phi) is 5.01. The molecule has 0 fully saturated rings. The minimum Gasteiger partial charge on any atom is -0.388 e. The van der Waals surface area contributed by atoms with Crippen molar-refractivity contribution in [2.75, 3.05) is 0 Å². The lowest BCUT2D eigenvalue weighted by molar-refractivity contribution is 0.0891. The third-order valence-electron chi connectivity index (χ3n) is 9.75. The highest BCUT2D eigenvalue weighted by Crippen LogP contribution is 2.52. The van der Waals surface area contributed by atoms with Gasteiger partial charge in [0.25, 0.3) is 0 Å². The van der Waals surface area contributed by atoms with Crippen LogP contribution in [-0.4, -0.2) is 5.11 Å². The van der Waals surface area contributed by atoms with Gasteiger partial charge in [-0.1, -0.05) is 60.6 Å². The van der Waals surface area contributed by atoms with Crippen molar-refractivity contribution in [1.29, 1.82) is 0 Å². The Morgan fingerprint density at radius 2 is 1.47 bits per heavy atom. The normalized spacial score (nSPS) is 27.6. The van der Waals surface area contributed by atoms with E-state index in [9.17, 15) is 5.11 Å². The Labute approximate surface area is 207 Å².